The molecule has 104 valence electrons. The second-order valence-electron chi connectivity index (χ2n) is 5.29. The Hall–Kier alpha value is -0.900. The largest absolute Gasteiger partial charge is 0.374 e. The first kappa shape index (κ1) is 14.5. The topological polar surface area (TPSA) is 21.3 Å². The second kappa shape index (κ2) is 6.51. The third kappa shape index (κ3) is 3.35. The molecule has 2 rings (SSSR count). The van der Waals surface area contributed by atoms with Crippen LogP contribution >= 0.6 is 11.3 Å². The first-order valence-electron chi connectivity index (χ1n) is 6.89. The highest BCUT2D eigenvalue weighted by molar-refractivity contribution is 7.19. The third-order valence-electron chi connectivity index (χ3n) is 3.55. The van der Waals surface area contributed by atoms with Crippen molar-refractivity contribution in [3.63, 3.8) is 0 Å². The highest BCUT2D eigenvalue weighted by atomic mass is 32.1. The molecule has 0 spiro atoms. The summed E-state index contributed by atoms with van der Waals surface area (Å²) in [5.41, 5.74) is 1.35. The Morgan fingerprint density at radius 2 is 1.95 bits per heavy atom. The molecule has 0 aliphatic carbocycles. The Morgan fingerprint density at radius 1 is 1.21 bits per heavy atom. The normalized spacial score (nSPS) is 13.3. The van der Waals surface area contributed by atoms with Gasteiger partial charge in [0.15, 0.2) is 0 Å². The van der Waals surface area contributed by atoms with Crippen molar-refractivity contribution in [1.29, 1.82) is 0 Å². The number of ether oxygens (including phenoxy) is 1. The van der Waals surface area contributed by atoms with Crippen molar-refractivity contribution < 1.29 is 4.74 Å². The lowest BCUT2D eigenvalue weighted by atomic mass is 10.1. The van der Waals surface area contributed by atoms with Gasteiger partial charge < -0.3 is 10.1 Å². The molecule has 1 N–H and O–H groups in total. The van der Waals surface area contributed by atoms with Crippen LogP contribution in [0.2, 0.25) is 0 Å². The molecule has 0 saturated carbocycles. The highest BCUT2D eigenvalue weighted by Crippen LogP contribution is 2.32. The molecule has 0 saturated heterocycles. The van der Waals surface area contributed by atoms with E-state index in [2.05, 4.69) is 50.4 Å². The van der Waals surface area contributed by atoms with Gasteiger partial charge in [0.2, 0.25) is 0 Å². The van der Waals surface area contributed by atoms with Crippen LogP contribution in [0.4, 0.5) is 0 Å². The zero-order valence-corrected chi connectivity index (χ0v) is 13.0. The maximum atomic E-state index is 6.02. The van der Waals surface area contributed by atoms with Crippen LogP contribution in [-0.2, 0) is 17.9 Å². The summed E-state index contributed by atoms with van der Waals surface area (Å²) in [4.78, 5) is 1.39. The highest BCUT2D eigenvalue weighted by Gasteiger charge is 2.14. The van der Waals surface area contributed by atoms with E-state index in [0.717, 1.165) is 6.54 Å². The Morgan fingerprint density at radius 3 is 2.63 bits per heavy atom. The lowest BCUT2D eigenvalue weighted by molar-refractivity contribution is 0.0239. The van der Waals surface area contributed by atoms with E-state index in [0.29, 0.717) is 18.6 Å². The van der Waals surface area contributed by atoms with E-state index in [9.17, 15) is 0 Å². The molecule has 0 amide bonds. The van der Waals surface area contributed by atoms with Crippen LogP contribution in [0.3, 0.4) is 0 Å². The van der Waals surface area contributed by atoms with Gasteiger partial charge in [-0.15, -0.1) is 11.3 Å². The maximum absolute atomic E-state index is 6.02. The van der Waals surface area contributed by atoms with Crippen molar-refractivity contribution in [2.75, 3.05) is 7.05 Å². The molecule has 0 aliphatic heterocycles. The number of nitrogens with one attached hydrogen (secondary N) is 1. The van der Waals surface area contributed by atoms with E-state index in [1.165, 1.54) is 20.5 Å². The number of fused-ring (bicyclic) bond motifs is 1. The molecule has 0 bridgehead atoms. The molecule has 0 radical (unpaired) electrons. The summed E-state index contributed by atoms with van der Waals surface area (Å²) in [6.45, 7) is 8.17. The molecule has 1 aromatic carbocycles. The van der Waals surface area contributed by atoms with Gasteiger partial charge in [-0.05, 0) is 31.3 Å². The standard InChI is InChI=1S/C16H23NOS/c1-11(2)12(3)18-10-14-13-7-5-6-8-15(13)19-16(14)9-17-4/h5-8,11-12,17H,9-10H2,1-4H3. The monoisotopic (exact) mass is 277 g/mol. The predicted molar refractivity (Wildman–Crippen MR) is 83.7 cm³/mol. The molecule has 3 heteroatoms. The Bertz CT molecular complexity index is 533. The minimum atomic E-state index is 0.293. The van der Waals surface area contributed by atoms with Gasteiger partial charge in [0, 0.05) is 21.7 Å². The first-order valence-corrected chi connectivity index (χ1v) is 7.70. The summed E-state index contributed by atoms with van der Waals surface area (Å²) in [5, 5.41) is 4.59. The van der Waals surface area contributed by atoms with Crippen LogP contribution in [0.1, 0.15) is 31.2 Å². The molecule has 1 unspecified atom stereocenters. The van der Waals surface area contributed by atoms with Crippen molar-refractivity contribution >= 4 is 21.4 Å². The maximum Gasteiger partial charge on any atom is 0.0738 e. The van der Waals surface area contributed by atoms with Crippen LogP contribution in [0.25, 0.3) is 10.1 Å². The second-order valence-corrected chi connectivity index (χ2v) is 6.43. The fourth-order valence-electron chi connectivity index (χ4n) is 2.02. The fourth-order valence-corrected chi connectivity index (χ4v) is 3.24. The van der Waals surface area contributed by atoms with Gasteiger partial charge >= 0.3 is 0 Å². The molecule has 0 aliphatic rings. The van der Waals surface area contributed by atoms with Gasteiger partial charge in [0.05, 0.1) is 12.7 Å². The molecule has 1 heterocycles. The quantitative estimate of drug-likeness (QED) is 0.855. The van der Waals surface area contributed by atoms with Gasteiger partial charge in [-0.25, -0.2) is 0 Å². The van der Waals surface area contributed by atoms with Gasteiger partial charge in [-0.2, -0.15) is 0 Å². The number of thiophene rings is 1. The number of hydrogen-bond donors (Lipinski definition) is 1. The molecular formula is C16H23NOS. The van der Waals surface area contributed by atoms with Gasteiger partial charge in [0.25, 0.3) is 0 Å². The van der Waals surface area contributed by atoms with Crippen molar-refractivity contribution in [2.45, 2.75) is 40.0 Å². The third-order valence-corrected chi connectivity index (χ3v) is 4.76. The first-order chi connectivity index (χ1) is 9.13. The molecule has 0 fully saturated rings. The lowest BCUT2D eigenvalue weighted by Gasteiger charge is -2.17. The minimum Gasteiger partial charge on any atom is -0.374 e. The molecule has 2 aromatic rings. The Labute approximate surface area is 119 Å². The van der Waals surface area contributed by atoms with Crippen LogP contribution in [0.5, 0.6) is 0 Å². The average molecular weight is 277 g/mol. The van der Waals surface area contributed by atoms with E-state index in [1.54, 1.807) is 0 Å². The molecule has 19 heavy (non-hydrogen) atoms. The van der Waals surface area contributed by atoms with Gasteiger partial charge in [-0.3, -0.25) is 0 Å². The van der Waals surface area contributed by atoms with E-state index < -0.39 is 0 Å². The molecule has 2 nitrogen and oxygen atoms in total. The predicted octanol–water partition coefficient (Wildman–Crippen LogP) is 4.18. The summed E-state index contributed by atoms with van der Waals surface area (Å²) in [7, 11) is 1.99. The Kier molecular flexibility index (Phi) is 4.97. The minimum absolute atomic E-state index is 0.293. The van der Waals surface area contributed by atoms with E-state index in [4.69, 9.17) is 4.74 Å². The van der Waals surface area contributed by atoms with Crippen molar-refractivity contribution in [3.05, 3.63) is 34.7 Å². The smallest absolute Gasteiger partial charge is 0.0738 e. The van der Waals surface area contributed by atoms with E-state index in [1.807, 2.05) is 18.4 Å². The number of rotatable bonds is 6. The van der Waals surface area contributed by atoms with Crippen LogP contribution in [0, 0.1) is 5.92 Å². The zero-order chi connectivity index (χ0) is 13.8. The molecule has 1 atom stereocenters. The van der Waals surface area contributed by atoms with E-state index >= 15 is 0 Å². The summed E-state index contributed by atoms with van der Waals surface area (Å²) in [6, 6.07) is 8.59. The summed E-state index contributed by atoms with van der Waals surface area (Å²) < 4.78 is 7.37. The fraction of sp³-hybridized carbons (Fsp3) is 0.500. The van der Waals surface area contributed by atoms with Crippen molar-refractivity contribution in [2.24, 2.45) is 5.92 Å². The lowest BCUT2D eigenvalue weighted by Crippen LogP contribution is -2.15. The van der Waals surface area contributed by atoms with Crippen LogP contribution in [0.15, 0.2) is 24.3 Å². The molecule has 1 aromatic heterocycles. The van der Waals surface area contributed by atoms with Crippen LogP contribution < -0.4 is 5.32 Å². The van der Waals surface area contributed by atoms with Crippen LogP contribution in [-0.4, -0.2) is 13.2 Å². The average Bonchev–Trinajstić information content (AvgIpc) is 2.74. The van der Waals surface area contributed by atoms with Gasteiger partial charge in [-0.1, -0.05) is 32.0 Å². The molecular weight excluding hydrogens is 254 g/mol. The van der Waals surface area contributed by atoms with Gasteiger partial charge in [0.1, 0.15) is 0 Å². The van der Waals surface area contributed by atoms with E-state index in [-0.39, 0.29) is 0 Å². The summed E-state index contributed by atoms with van der Waals surface area (Å²) >= 11 is 1.87. The van der Waals surface area contributed by atoms with Crippen molar-refractivity contribution in [3.8, 4) is 0 Å². The summed E-state index contributed by atoms with van der Waals surface area (Å²) in [6.07, 6.45) is 0.293. The SMILES string of the molecule is CNCc1sc2ccccc2c1COC(C)C(C)C. The van der Waals surface area contributed by atoms with Crippen molar-refractivity contribution in [1.82, 2.24) is 5.32 Å². The number of benzene rings is 1. The zero-order valence-electron chi connectivity index (χ0n) is 12.2. The number of hydrogen-bond acceptors (Lipinski definition) is 3. The Balaban J connectivity index is 2.26. The summed E-state index contributed by atoms with van der Waals surface area (Å²) in [5.74, 6) is 0.553.